The smallest absolute Gasteiger partial charge is 0.328 e. The lowest BCUT2D eigenvalue weighted by Gasteiger charge is -2.71. The molecule has 0 spiro atoms. The molecule has 9 heteroatoms. The highest BCUT2D eigenvalue weighted by Crippen LogP contribution is 2.75. The lowest BCUT2D eigenvalue weighted by molar-refractivity contribution is -0.243. The van der Waals surface area contributed by atoms with Crippen LogP contribution in [0.3, 0.4) is 0 Å². The predicted octanol–water partition coefficient (Wildman–Crippen LogP) is 6.01. The van der Waals surface area contributed by atoms with Gasteiger partial charge in [0.15, 0.2) is 11.6 Å². The molecule has 0 aromatic carbocycles. The number of urea groups is 1. The van der Waals surface area contributed by atoms with Crippen molar-refractivity contribution in [2.24, 2.45) is 44.3 Å². The van der Waals surface area contributed by atoms with Gasteiger partial charge in [0, 0.05) is 42.3 Å². The molecule has 1 heterocycles. The highest BCUT2D eigenvalue weighted by molar-refractivity contribution is 6.05. The van der Waals surface area contributed by atoms with Crippen LogP contribution in [0.1, 0.15) is 106 Å². The van der Waals surface area contributed by atoms with Crippen LogP contribution in [0.4, 0.5) is 4.79 Å². The van der Waals surface area contributed by atoms with E-state index in [0.717, 1.165) is 44.1 Å². The van der Waals surface area contributed by atoms with Gasteiger partial charge in [-0.15, -0.1) is 0 Å². The number of hydrogen-bond acceptors (Lipinski definition) is 7. The number of amides is 2. The first-order valence-corrected chi connectivity index (χ1v) is 18.0. The summed E-state index contributed by atoms with van der Waals surface area (Å²) >= 11 is 0. The molecule has 0 bridgehead atoms. The number of rotatable bonds is 3. The Morgan fingerprint density at radius 1 is 1.02 bits per heavy atom. The molecule has 2 amide bonds. The molecule has 0 aromatic heterocycles. The Morgan fingerprint density at radius 2 is 1.69 bits per heavy atom. The number of methoxy groups -OCH3 is 1. The third-order valence-corrected chi connectivity index (χ3v) is 15.3. The van der Waals surface area contributed by atoms with Gasteiger partial charge in [0.1, 0.15) is 17.7 Å². The van der Waals surface area contributed by atoms with E-state index in [1.807, 2.05) is 19.9 Å². The maximum atomic E-state index is 14.8. The SMILES string of the molecule is COC(=O)C1CCCN1C(=O)N(C)C[C@@]1(C)CC[C@]2(C)CC[C@@]3(C)[C@]4(C)CC[C@H]5C(C)(C)C(=O)C(C#N)=C[C@]5(C)C4=CC(=O)[C@]3(O)[C@@H]2C1. The first-order chi connectivity index (χ1) is 22.2. The number of ketones is 2. The maximum Gasteiger partial charge on any atom is 0.328 e. The zero-order chi connectivity index (χ0) is 35.5. The van der Waals surface area contributed by atoms with Crippen molar-refractivity contribution < 1.29 is 29.0 Å². The van der Waals surface area contributed by atoms with Gasteiger partial charge >= 0.3 is 12.0 Å². The summed E-state index contributed by atoms with van der Waals surface area (Å²) in [6, 6.07) is 1.40. The number of nitrogens with zero attached hydrogens (tertiary/aromatic N) is 3. The van der Waals surface area contributed by atoms with Crippen LogP contribution in [0.2, 0.25) is 0 Å². The fraction of sp³-hybridized carbons (Fsp3) is 0.769. The lowest BCUT2D eigenvalue weighted by atomic mass is 9.33. The van der Waals surface area contributed by atoms with Crippen LogP contribution < -0.4 is 0 Å². The lowest BCUT2D eigenvalue weighted by Crippen LogP contribution is -2.74. The van der Waals surface area contributed by atoms with Crippen LogP contribution in [-0.4, -0.2) is 77.4 Å². The van der Waals surface area contributed by atoms with Crippen molar-refractivity contribution in [3.8, 4) is 6.07 Å². The van der Waals surface area contributed by atoms with E-state index in [1.54, 1.807) is 22.9 Å². The summed E-state index contributed by atoms with van der Waals surface area (Å²) in [6.45, 7) is 15.7. The van der Waals surface area contributed by atoms with Crippen LogP contribution in [0.15, 0.2) is 23.3 Å². The third-order valence-electron chi connectivity index (χ3n) is 15.3. The van der Waals surface area contributed by atoms with E-state index in [4.69, 9.17) is 4.74 Å². The van der Waals surface area contributed by atoms with Gasteiger partial charge in [-0.05, 0) is 91.6 Å². The average molecular weight is 662 g/mol. The minimum absolute atomic E-state index is 0.0641. The van der Waals surface area contributed by atoms with Crippen molar-refractivity contribution in [3.05, 3.63) is 23.3 Å². The summed E-state index contributed by atoms with van der Waals surface area (Å²) in [6.07, 6.45) is 10.3. The Hall–Kier alpha value is -2.99. The maximum absolute atomic E-state index is 14.8. The average Bonchev–Trinajstić information content (AvgIpc) is 3.52. The molecule has 1 saturated heterocycles. The highest BCUT2D eigenvalue weighted by Gasteiger charge is 2.75. The van der Waals surface area contributed by atoms with Crippen molar-refractivity contribution in [1.82, 2.24) is 9.80 Å². The van der Waals surface area contributed by atoms with Crippen molar-refractivity contribution in [1.29, 1.82) is 5.26 Å². The van der Waals surface area contributed by atoms with E-state index in [2.05, 4.69) is 40.7 Å². The summed E-state index contributed by atoms with van der Waals surface area (Å²) in [5, 5.41) is 23.2. The van der Waals surface area contributed by atoms with Crippen molar-refractivity contribution in [2.75, 3.05) is 27.2 Å². The van der Waals surface area contributed by atoms with Crippen LogP contribution in [0, 0.1) is 55.7 Å². The van der Waals surface area contributed by atoms with Crippen LogP contribution >= 0.6 is 0 Å². The molecular formula is C39H55N3O6. The minimum atomic E-state index is -1.61. The number of carbonyl (C=O) groups is 4. The minimum Gasteiger partial charge on any atom is -0.467 e. The van der Waals surface area contributed by atoms with Crippen molar-refractivity contribution in [2.45, 2.75) is 118 Å². The van der Waals surface area contributed by atoms with E-state index in [9.17, 15) is 29.5 Å². The van der Waals surface area contributed by atoms with Gasteiger partial charge in [0.05, 0.1) is 12.7 Å². The molecule has 1 unspecified atom stereocenters. The van der Waals surface area contributed by atoms with Crippen molar-refractivity contribution >= 4 is 23.6 Å². The molecule has 1 aliphatic heterocycles. The number of nitriles is 1. The fourth-order valence-electron chi connectivity index (χ4n) is 12.2. The summed E-state index contributed by atoms with van der Waals surface area (Å²) in [5.74, 6) is -1.16. The number of fused-ring (bicyclic) bond motifs is 7. The number of esters is 1. The number of carbonyl (C=O) groups excluding carboxylic acids is 4. The molecule has 0 radical (unpaired) electrons. The quantitative estimate of drug-likeness (QED) is 0.367. The van der Waals surface area contributed by atoms with Gasteiger partial charge in [-0.3, -0.25) is 9.59 Å². The molecule has 262 valence electrons. The summed E-state index contributed by atoms with van der Waals surface area (Å²) < 4.78 is 4.97. The largest absolute Gasteiger partial charge is 0.467 e. The van der Waals surface area contributed by atoms with Crippen LogP contribution in [0.5, 0.6) is 0 Å². The molecule has 0 aromatic rings. The van der Waals surface area contributed by atoms with Crippen LogP contribution in [-0.2, 0) is 19.1 Å². The normalized spacial score (nSPS) is 44.6. The zero-order valence-electron chi connectivity index (χ0n) is 30.5. The second-order valence-electron chi connectivity index (χ2n) is 18.2. The first-order valence-electron chi connectivity index (χ1n) is 18.0. The molecule has 9 atom stereocenters. The van der Waals surface area contributed by atoms with Gasteiger partial charge in [-0.1, -0.05) is 54.5 Å². The van der Waals surface area contributed by atoms with Gasteiger partial charge in [0.2, 0.25) is 0 Å². The van der Waals surface area contributed by atoms with Crippen LogP contribution in [0.25, 0.3) is 0 Å². The van der Waals surface area contributed by atoms with Crippen molar-refractivity contribution in [3.63, 3.8) is 0 Å². The molecule has 4 fully saturated rings. The standard InChI is InChI=1S/C39H55N3O6/c1-33(2)26-12-13-37(6)27(36(26,5)20-24(22-40)30(33)44)19-29(43)39(47)28-21-34(3,14-15-35(28,4)16-17-38(37,39)7)23-41(8)32(46)42-18-10-11-25(42)31(45)48-9/h19-20,25-26,28,47H,10-18,21,23H2,1-9H3/t25?,26-,28+,34-,35+,36-,37+,38-,39+/m0/s1. The van der Waals surface area contributed by atoms with Gasteiger partial charge in [0.25, 0.3) is 0 Å². The van der Waals surface area contributed by atoms with E-state index in [1.165, 1.54) is 7.11 Å². The zero-order valence-corrected chi connectivity index (χ0v) is 30.5. The number of likely N-dealkylation sites (tertiary alicyclic amines) is 1. The highest BCUT2D eigenvalue weighted by atomic mass is 16.5. The number of hydrogen-bond donors (Lipinski definition) is 1. The van der Waals surface area contributed by atoms with E-state index in [0.29, 0.717) is 32.4 Å². The van der Waals surface area contributed by atoms with Gasteiger partial charge < -0.3 is 19.6 Å². The molecule has 48 heavy (non-hydrogen) atoms. The molecule has 5 aliphatic carbocycles. The van der Waals surface area contributed by atoms with E-state index >= 15 is 0 Å². The van der Waals surface area contributed by atoms with Gasteiger partial charge in [-0.25, -0.2) is 9.59 Å². The van der Waals surface area contributed by atoms with Gasteiger partial charge in [-0.2, -0.15) is 5.26 Å². The molecular weight excluding hydrogens is 606 g/mol. The number of aliphatic hydroxyl groups is 1. The number of allylic oxidation sites excluding steroid dienone is 3. The number of Topliss-reactive ketones (excluding diaryl/α,β-unsaturated/α-hetero) is 1. The Bertz CT molecular complexity index is 1570. The molecule has 6 rings (SSSR count). The summed E-state index contributed by atoms with van der Waals surface area (Å²) in [4.78, 5) is 57.6. The predicted molar refractivity (Wildman–Crippen MR) is 180 cm³/mol. The molecule has 9 nitrogen and oxygen atoms in total. The topological polar surface area (TPSA) is 128 Å². The summed E-state index contributed by atoms with van der Waals surface area (Å²) in [5.41, 5.74) is -3.81. The fourth-order valence-corrected chi connectivity index (χ4v) is 12.2. The third kappa shape index (κ3) is 4.36. The first kappa shape index (κ1) is 34.9. The Labute approximate surface area is 286 Å². The second kappa shape index (κ2) is 10.8. The molecule has 3 saturated carbocycles. The Morgan fingerprint density at radius 3 is 2.33 bits per heavy atom. The number of ether oxygens (including phenoxy) is 1. The summed E-state index contributed by atoms with van der Waals surface area (Å²) in [7, 11) is 3.14. The monoisotopic (exact) mass is 661 g/mol. The Balaban J connectivity index is 1.36. The van der Waals surface area contributed by atoms with E-state index < -0.39 is 33.3 Å². The molecule has 6 aliphatic rings. The molecule has 1 N–H and O–H groups in total. The van der Waals surface area contributed by atoms with E-state index in [-0.39, 0.29) is 51.8 Å². The second-order valence-corrected chi connectivity index (χ2v) is 18.2. The Kier molecular flexibility index (Phi) is 7.81.